The Kier molecular flexibility index (Phi) is 2.18. The maximum atomic E-state index is 10.8. The zero-order valence-electron chi connectivity index (χ0n) is 5.59. The van der Waals surface area contributed by atoms with Gasteiger partial charge < -0.3 is 5.32 Å². The molecule has 4 nitrogen and oxygen atoms in total. The van der Waals surface area contributed by atoms with Gasteiger partial charge in [0.1, 0.15) is 0 Å². The summed E-state index contributed by atoms with van der Waals surface area (Å²) in [6.07, 6.45) is 0.676. The molecule has 1 aliphatic heterocycles. The van der Waals surface area contributed by atoms with E-state index >= 15 is 0 Å². The molecule has 0 radical (unpaired) electrons. The molecule has 0 saturated carbocycles. The molecule has 1 aliphatic rings. The summed E-state index contributed by atoms with van der Waals surface area (Å²) >= 11 is 4.77. The lowest BCUT2D eigenvalue weighted by molar-refractivity contribution is -0.0857. The third kappa shape index (κ3) is 1.43. The Hall–Kier alpha value is -0.680. The number of amides is 2. The van der Waals surface area contributed by atoms with Gasteiger partial charge in [0.2, 0.25) is 0 Å². The van der Waals surface area contributed by atoms with Crippen LogP contribution in [0.5, 0.6) is 0 Å². The molecule has 2 amide bonds. The second-order valence-electron chi connectivity index (χ2n) is 1.89. The lowest BCUT2D eigenvalue weighted by Gasteiger charge is -2.24. The van der Waals surface area contributed by atoms with Crippen molar-refractivity contribution in [1.82, 2.24) is 10.4 Å². The van der Waals surface area contributed by atoms with Crippen LogP contribution in [0.2, 0.25) is 0 Å². The molecule has 0 aromatic heterocycles. The molecule has 56 valence electrons. The molecule has 0 aromatic carbocycles. The number of carbonyl (C=O) groups is 1. The summed E-state index contributed by atoms with van der Waals surface area (Å²) in [5.74, 6) is 0. The van der Waals surface area contributed by atoms with Crippen molar-refractivity contribution in [3.63, 3.8) is 0 Å². The van der Waals surface area contributed by atoms with Gasteiger partial charge in [0.05, 0.1) is 18.6 Å². The second kappa shape index (κ2) is 2.94. The number of hydrogen-bond acceptors (Lipinski definition) is 3. The molecule has 1 saturated heterocycles. The van der Waals surface area contributed by atoms with Crippen molar-refractivity contribution in [2.75, 3.05) is 13.7 Å². The van der Waals surface area contributed by atoms with E-state index in [1.807, 2.05) is 0 Å². The largest absolute Gasteiger partial charge is 0.346 e. The summed E-state index contributed by atoms with van der Waals surface area (Å²) in [6, 6.07) is -0.279. The van der Waals surface area contributed by atoms with Crippen LogP contribution in [0.1, 0.15) is 6.42 Å². The van der Waals surface area contributed by atoms with Gasteiger partial charge in [-0.3, -0.25) is 4.84 Å². The SMILES string of the molecule is CON1CCC(=S)NC1=O. The molecule has 0 atom stereocenters. The van der Waals surface area contributed by atoms with E-state index in [2.05, 4.69) is 5.32 Å². The number of nitrogens with zero attached hydrogens (tertiary/aromatic N) is 1. The topological polar surface area (TPSA) is 41.6 Å². The van der Waals surface area contributed by atoms with Crippen molar-refractivity contribution >= 4 is 23.2 Å². The predicted octanol–water partition coefficient (Wildman–Crippen LogP) is 0.291. The van der Waals surface area contributed by atoms with E-state index < -0.39 is 0 Å². The molecule has 0 aliphatic carbocycles. The summed E-state index contributed by atoms with van der Waals surface area (Å²) < 4.78 is 0. The molecule has 1 fully saturated rings. The molecule has 0 unspecified atom stereocenters. The van der Waals surface area contributed by atoms with Crippen LogP contribution in [0.25, 0.3) is 0 Å². The normalized spacial score (nSPS) is 19.1. The Bertz CT molecular complexity index is 171. The van der Waals surface area contributed by atoms with E-state index in [1.165, 1.54) is 12.2 Å². The zero-order chi connectivity index (χ0) is 7.56. The molecular formula is C5H8N2O2S. The third-order valence-corrected chi connectivity index (χ3v) is 1.54. The van der Waals surface area contributed by atoms with Crippen molar-refractivity contribution in [1.29, 1.82) is 0 Å². The highest BCUT2D eigenvalue weighted by Crippen LogP contribution is 2.00. The van der Waals surface area contributed by atoms with Crippen LogP contribution in [0.15, 0.2) is 0 Å². The van der Waals surface area contributed by atoms with Gasteiger partial charge in [-0.15, -0.1) is 0 Å². The van der Waals surface area contributed by atoms with Gasteiger partial charge in [-0.1, -0.05) is 12.2 Å². The van der Waals surface area contributed by atoms with Crippen molar-refractivity contribution in [3.8, 4) is 0 Å². The third-order valence-electron chi connectivity index (χ3n) is 1.24. The van der Waals surface area contributed by atoms with Gasteiger partial charge in [0, 0.05) is 6.42 Å². The molecule has 1 heterocycles. The van der Waals surface area contributed by atoms with Crippen molar-refractivity contribution in [2.24, 2.45) is 0 Å². The minimum absolute atomic E-state index is 0.279. The maximum absolute atomic E-state index is 10.8. The minimum atomic E-state index is -0.279. The quantitative estimate of drug-likeness (QED) is 0.560. The highest BCUT2D eigenvalue weighted by molar-refractivity contribution is 7.80. The van der Waals surface area contributed by atoms with Gasteiger partial charge in [-0.05, 0) is 0 Å². The van der Waals surface area contributed by atoms with Crippen LogP contribution in [0, 0.1) is 0 Å². The Morgan fingerprint density at radius 2 is 2.50 bits per heavy atom. The summed E-state index contributed by atoms with van der Waals surface area (Å²) in [7, 11) is 1.45. The fourth-order valence-corrected chi connectivity index (χ4v) is 0.902. The van der Waals surface area contributed by atoms with Gasteiger partial charge in [-0.2, -0.15) is 0 Å². The molecular weight excluding hydrogens is 152 g/mol. The first kappa shape index (κ1) is 7.43. The molecule has 0 bridgehead atoms. The fraction of sp³-hybridized carbons (Fsp3) is 0.600. The smallest absolute Gasteiger partial charge is 0.300 e. The van der Waals surface area contributed by atoms with Crippen LogP contribution >= 0.6 is 12.2 Å². The van der Waals surface area contributed by atoms with Gasteiger partial charge in [0.25, 0.3) is 0 Å². The van der Waals surface area contributed by atoms with Crippen molar-refractivity contribution in [3.05, 3.63) is 0 Å². The zero-order valence-corrected chi connectivity index (χ0v) is 6.40. The summed E-state index contributed by atoms with van der Waals surface area (Å²) in [5.41, 5.74) is 0. The highest BCUT2D eigenvalue weighted by Gasteiger charge is 2.19. The van der Waals surface area contributed by atoms with E-state index in [0.717, 1.165) is 0 Å². The lowest BCUT2D eigenvalue weighted by atomic mass is 10.4. The van der Waals surface area contributed by atoms with Crippen LogP contribution in [-0.2, 0) is 4.84 Å². The average Bonchev–Trinajstić information content (AvgIpc) is 1.88. The minimum Gasteiger partial charge on any atom is -0.300 e. The number of nitrogens with one attached hydrogen (secondary N) is 1. The number of urea groups is 1. The van der Waals surface area contributed by atoms with Crippen LogP contribution in [0.3, 0.4) is 0 Å². The number of hydrogen-bond donors (Lipinski definition) is 1. The number of rotatable bonds is 1. The number of hydroxylamine groups is 2. The van der Waals surface area contributed by atoms with Gasteiger partial charge >= 0.3 is 6.03 Å². The van der Waals surface area contributed by atoms with E-state index in [1.54, 1.807) is 0 Å². The molecule has 1 N–H and O–H groups in total. The summed E-state index contributed by atoms with van der Waals surface area (Å²) in [4.78, 5) is 16.1. The summed E-state index contributed by atoms with van der Waals surface area (Å²) in [6.45, 7) is 0.543. The molecule has 0 aromatic rings. The average molecular weight is 160 g/mol. The predicted molar refractivity (Wildman–Crippen MR) is 39.5 cm³/mol. The van der Waals surface area contributed by atoms with Crippen molar-refractivity contribution in [2.45, 2.75) is 6.42 Å². The Morgan fingerprint density at radius 3 is 3.00 bits per heavy atom. The molecule has 0 spiro atoms. The van der Waals surface area contributed by atoms with Crippen LogP contribution < -0.4 is 5.32 Å². The van der Waals surface area contributed by atoms with Crippen LogP contribution in [0.4, 0.5) is 4.79 Å². The van der Waals surface area contributed by atoms with E-state index in [-0.39, 0.29) is 6.03 Å². The Labute approximate surface area is 64.1 Å². The molecule has 10 heavy (non-hydrogen) atoms. The van der Waals surface area contributed by atoms with Crippen LogP contribution in [-0.4, -0.2) is 29.7 Å². The first-order valence-corrected chi connectivity index (χ1v) is 3.30. The van der Waals surface area contributed by atoms with E-state index in [4.69, 9.17) is 17.1 Å². The van der Waals surface area contributed by atoms with E-state index in [0.29, 0.717) is 18.0 Å². The Balaban J connectivity index is 2.51. The van der Waals surface area contributed by atoms with Gasteiger partial charge in [0.15, 0.2) is 0 Å². The van der Waals surface area contributed by atoms with Gasteiger partial charge in [-0.25, -0.2) is 9.86 Å². The van der Waals surface area contributed by atoms with Crippen molar-refractivity contribution < 1.29 is 9.63 Å². The summed E-state index contributed by atoms with van der Waals surface area (Å²) in [5, 5.41) is 3.71. The second-order valence-corrected chi connectivity index (χ2v) is 2.38. The molecule has 5 heteroatoms. The standard InChI is InChI=1S/C5H8N2O2S/c1-9-7-3-2-4(10)6-5(7)8/h2-3H2,1H3,(H,6,8,10). The molecule has 1 rings (SSSR count). The number of thiocarbonyl (C=S) groups is 1. The lowest BCUT2D eigenvalue weighted by Crippen LogP contribution is -2.47. The monoisotopic (exact) mass is 160 g/mol. The number of carbonyl (C=O) groups excluding carboxylic acids is 1. The maximum Gasteiger partial charge on any atom is 0.346 e. The van der Waals surface area contributed by atoms with E-state index in [9.17, 15) is 4.79 Å². The highest BCUT2D eigenvalue weighted by atomic mass is 32.1. The first-order chi connectivity index (χ1) is 4.74. The fourth-order valence-electron chi connectivity index (χ4n) is 0.723. The first-order valence-electron chi connectivity index (χ1n) is 2.89. The Morgan fingerprint density at radius 1 is 1.80 bits per heavy atom.